The first-order valence-electron chi connectivity index (χ1n) is 6.44. The lowest BCUT2D eigenvalue weighted by molar-refractivity contribution is 0.491. The second-order valence-electron chi connectivity index (χ2n) is 4.65. The van der Waals surface area contributed by atoms with Crippen molar-refractivity contribution in [3.05, 3.63) is 58.0 Å². The molecule has 104 valence electrons. The van der Waals surface area contributed by atoms with Gasteiger partial charge in [0.05, 0.1) is 10.3 Å². The average Bonchev–Trinajstić information content (AvgIpc) is 2.99. The van der Waals surface area contributed by atoms with Crippen molar-refractivity contribution in [2.24, 2.45) is 0 Å². The first-order valence-corrected chi connectivity index (χ1v) is 7.35. The average molecular weight is 336 g/mol. The van der Waals surface area contributed by atoms with Crippen LogP contribution in [-0.4, -0.2) is 4.57 Å². The topological polar surface area (TPSA) is 48.3 Å². The van der Waals surface area contributed by atoms with Crippen molar-refractivity contribution in [3.63, 3.8) is 0 Å². The highest BCUT2D eigenvalue weighted by Gasteiger charge is 2.16. The van der Waals surface area contributed by atoms with Crippen LogP contribution in [0.25, 0.3) is 11.1 Å². The third-order valence-corrected chi connectivity index (χ3v) is 4.29. The molecular formula is C15H14BrNO3. The minimum Gasteiger partial charge on any atom is -0.465 e. The van der Waals surface area contributed by atoms with Crippen molar-refractivity contribution in [2.45, 2.75) is 25.2 Å². The number of halogens is 1. The molecule has 5 heteroatoms. The van der Waals surface area contributed by atoms with E-state index in [2.05, 4.69) is 15.9 Å². The van der Waals surface area contributed by atoms with E-state index in [-0.39, 0.29) is 10.6 Å². The molecule has 0 radical (unpaired) electrons. The Labute approximate surface area is 124 Å². The molecule has 0 saturated carbocycles. The number of rotatable bonds is 3. The lowest BCUT2D eigenvalue weighted by Gasteiger charge is -2.07. The molecule has 0 fully saturated rings. The van der Waals surface area contributed by atoms with Crippen LogP contribution in [0.2, 0.25) is 0 Å². The number of nitrogens with zero attached hydrogens (tertiary/aromatic N) is 1. The molecular weight excluding hydrogens is 322 g/mol. The van der Waals surface area contributed by atoms with Crippen LogP contribution in [0.4, 0.5) is 0 Å². The summed E-state index contributed by atoms with van der Waals surface area (Å²) in [5.74, 6) is 1.38. The van der Waals surface area contributed by atoms with Gasteiger partial charge in [-0.25, -0.2) is 4.79 Å². The minimum absolute atomic E-state index is 0.0594. The maximum Gasteiger partial charge on any atom is 0.419 e. The van der Waals surface area contributed by atoms with Crippen molar-refractivity contribution in [2.75, 3.05) is 0 Å². The van der Waals surface area contributed by atoms with Crippen molar-refractivity contribution in [3.8, 4) is 0 Å². The molecule has 1 aromatic carbocycles. The van der Waals surface area contributed by atoms with Crippen LogP contribution in [0.1, 0.15) is 28.8 Å². The highest BCUT2D eigenvalue weighted by atomic mass is 79.9. The zero-order valence-corrected chi connectivity index (χ0v) is 12.8. The maximum absolute atomic E-state index is 11.7. The molecule has 3 aromatic rings. The molecule has 2 aromatic heterocycles. The summed E-state index contributed by atoms with van der Waals surface area (Å²) >= 11 is 3.62. The summed E-state index contributed by atoms with van der Waals surface area (Å²) in [7, 11) is 0. The summed E-state index contributed by atoms with van der Waals surface area (Å²) in [4.78, 5) is 11.6. The van der Waals surface area contributed by atoms with E-state index in [0.29, 0.717) is 12.1 Å². The summed E-state index contributed by atoms with van der Waals surface area (Å²) < 4.78 is 12.5. The number of alkyl halides is 1. The Morgan fingerprint density at radius 3 is 2.70 bits per heavy atom. The van der Waals surface area contributed by atoms with E-state index in [4.69, 9.17) is 8.83 Å². The summed E-state index contributed by atoms with van der Waals surface area (Å²) in [6.07, 6.45) is 0. The van der Waals surface area contributed by atoms with E-state index in [1.54, 1.807) is 4.57 Å². The normalized spacial score (nSPS) is 12.9. The number of oxazole rings is 1. The van der Waals surface area contributed by atoms with E-state index in [9.17, 15) is 4.79 Å². The third kappa shape index (κ3) is 2.12. The fraction of sp³-hybridized carbons (Fsp3) is 0.267. The third-order valence-electron chi connectivity index (χ3n) is 3.31. The van der Waals surface area contributed by atoms with Gasteiger partial charge >= 0.3 is 5.76 Å². The van der Waals surface area contributed by atoms with Gasteiger partial charge in [-0.15, -0.1) is 0 Å². The van der Waals surface area contributed by atoms with Crippen LogP contribution in [0.3, 0.4) is 0 Å². The van der Waals surface area contributed by atoms with E-state index in [1.165, 1.54) is 0 Å². The second kappa shape index (κ2) is 4.98. The zero-order valence-electron chi connectivity index (χ0n) is 11.2. The van der Waals surface area contributed by atoms with Crippen molar-refractivity contribution in [1.82, 2.24) is 4.57 Å². The smallest absolute Gasteiger partial charge is 0.419 e. The molecule has 4 nitrogen and oxygen atoms in total. The molecule has 1 unspecified atom stereocenters. The van der Waals surface area contributed by atoms with Gasteiger partial charge in [0.1, 0.15) is 11.5 Å². The SMILES string of the molecule is CCn1c(=O)oc2cc(C(Br)c3ccc(C)o3)ccc21. The van der Waals surface area contributed by atoms with Crippen molar-refractivity contribution < 1.29 is 8.83 Å². The highest BCUT2D eigenvalue weighted by Crippen LogP contribution is 2.33. The van der Waals surface area contributed by atoms with Crippen LogP contribution in [0.5, 0.6) is 0 Å². The van der Waals surface area contributed by atoms with Crippen LogP contribution in [0.15, 0.2) is 44.0 Å². The van der Waals surface area contributed by atoms with Gasteiger partial charge in [-0.05, 0) is 43.7 Å². The number of aromatic nitrogens is 1. The summed E-state index contributed by atoms with van der Waals surface area (Å²) in [5, 5.41) is 0. The van der Waals surface area contributed by atoms with Crippen LogP contribution >= 0.6 is 15.9 Å². The first kappa shape index (κ1) is 13.2. The molecule has 0 bridgehead atoms. The van der Waals surface area contributed by atoms with Crippen LogP contribution in [-0.2, 0) is 6.54 Å². The Morgan fingerprint density at radius 1 is 1.25 bits per heavy atom. The van der Waals surface area contributed by atoms with Crippen molar-refractivity contribution >= 4 is 27.0 Å². The molecule has 2 heterocycles. The van der Waals surface area contributed by atoms with E-state index in [1.807, 2.05) is 44.2 Å². The predicted octanol–water partition coefficient (Wildman–Crippen LogP) is 4.00. The van der Waals surface area contributed by atoms with E-state index >= 15 is 0 Å². The summed E-state index contributed by atoms with van der Waals surface area (Å²) in [6.45, 7) is 4.43. The second-order valence-corrected chi connectivity index (χ2v) is 5.57. The van der Waals surface area contributed by atoms with E-state index in [0.717, 1.165) is 22.6 Å². The standard InChI is InChI=1S/C15H14BrNO3/c1-3-17-11-6-5-10(8-13(11)20-15(17)18)14(16)12-7-4-9(2)19-12/h4-8,14H,3H2,1-2H3. The Hall–Kier alpha value is -1.75. The number of hydrogen-bond acceptors (Lipinski definition) is 3. The Bertz CT molecular complexity index is 812. The van der Waals surface area contributed by atoms with Gasteiger partial charge in [0.15, 0.2) is 5.58 Å². The zero-order chi connectivity index (χ0) is 14.3. The molecule has 3 rings (SSSR count). The molecule has 0 aliphatic rings. The van der Waals surface area contributed by atoms with Gasteiger partial charge in [-0.1, -0.05) is 22.0 Å². The highest BCUT2D eigenvalue weighted by molar-refractivity contribution is 9.09. The summed E-state index contributed by atoms with van der Waals surface area (Å²) in [6, 6.07) is 9.62. The van der Waals surface area contributed by atoms with Gasteiger partial charge < -0.3 is 8.83 Å². The van der Waals surface area contributed by atoms with Gasteiger partial charge in [-0.3, -0.25) is 4.57 Å². The first-order chi connectivity index (χ1) is 9.60. The van der Waals surface area contributed by atoms with Gasteiger partial charge in [-0.2, -0.15) is 0 Å². The molecule has 20 heavy (non-hydrogen) atoms. The summed E-state index contributed by atoms with van der Waals surface area (Å²) in [5.41, 5.74) is 2.41. The number of fused-ring (bicyclic) bond motifs is 1. The molecule has 0 N–H and O–H groups in total. The largest absolute Gasteiger partial charge is 0.465 e. The molecule has 0 aliphatic heterocycles. The van der Waals surface area contributed by atoms with Crippen molar-refractivity contribution in [1.29, 1.82) is 0 Å². The maximum atomic E-state index is 11.7. The van der Waals surface area contributed by atoms with Gasteiger partial charge in [0.25, 0.3) is 0 Å². The number of furan rings is 1. The van der Waals surface area contributed by atoms with Crippen LogP contribution in [0, 0.1) is 6.92 Å². The minimum atomic E-state index is -0.320. The fourth-order valence-electron chi connectivity index (χ4n) is 2.29. The molecule has 0 saturated heterocycles. The quantitative estimate of drug-likeness (QED) is 0.679. The Morgan fingerprint density at radius 2 is 2.05 bits per heavy atom. The van der Waals surface area contributed by atoms with Gasteiger partial charge in [0, 0.05) is 6.54 Å². The number of hydrogen-bond donors (Lipinski definition) is 0. The Kier molecular flexibility index (Phi) is 3.30. The Balaban J connectivity index is 2.07. The molecule has 1 atom stereocenters. The van der Waals surface area contributed by atoms with Gasteiger partial charge in [0.2, 0.25) is 0 Å². The van der Waals surface area contributed by atoms with Crippen LogP contribution < -0.4 is 5.76 Å². The fourth-order valence-corrected chi connectivity index (χ4v) is 2.82. The number of aryl methyl sites for hydroxylation is 2. The molecule has 0 spiro atoms. The molecule has 0 amide bonds. The van der Waals surface area contributed by atoms with E-state index < -0.39 is 0 Å². The number of benzene rings is 1. The predicted molar refractivity (Wildman–Crippen MR) is 80.4 cm³/mol. The lowest BCUT2D eigenvalue weighted by atomic mass is 10.1. The monoisotopic (exact) mass is 335 g/mol. The molecule has 0 aliphatic carbocycles. The lowest BCUT2D eigenvalue weighted by Crippen LogP contribution is -2.11.